The molecule has 1 aromatic rings. The monoisotopic (exact) mass is 424 g/mol. The van der Waals surface area contributed by atoms with Gasteiger partial charge in [0.2, 0.25) is 5.91 Å². The fourth-order valence-corrected chi connectivity index (χ4v) is 2.52. The third-order valence-corrected chi connectivity index (χ3v) is 3.93. The molecule has 8 nitrogen and oxygen atoms in total. The number of alkyl halides is 5. The second-order valence-corrected chi connectivity index (χ2v) is 5.91. The summed E-state index contributed by atoms with van der Waals surface area (Å²) < 4.78 is 70.0. The third-order valence-electron chi connectivity index (χ3n) is 3.93. The van der Waals surface area contributed by atoms with Crippen LogP contribution in [0.15, 0.2) is 18.2 Å². The van der Waals surface area contributed by atoms with Gasteiger partial charge in [-0.25, -0.2) is 0 Å². The Hall–Kier alpha value is -2.80. The van der Waals surface area contributed by atoms with Gasteiger partial charge in [0.25, 0.3) is 11.8 Å². The van der Waals surface area contributed by atoms with Crippen molar-refractivity contribution in [1.29, 1.82) is 0 Å². The van der Waals surface area contributed by atoms with Gasteiger partial charge in [-0.2, -0.15) is 22.0 Å². The van der Waals surface area contributed by atoms with E-state index >= 15 is 0 Å². The predicted octanol–water partition coefficient (Wildman–Crippen LogP) is 0.716. The Labute approximate surface area is 161 Å². The van der Waals surface area contributed by atoms with Gasteiger partial charge in [-0.05, 0) is 18.2 Å². The number of carbonyl (C=O) groups is 3. The smallest absolute Gasteiger partial charge is 0.370 e. The van der Waals surface area contributed by atoms with Gasteiger partial charge in [0.05, 0.1) is 17.9 Å². The van der Waals surface area contributed by atoms with E-state index in [4.69, 9.17) is 10.5 Å². The fraction of sp³-hybridized carbons (Fsp3) is 0.438. The van der Waals surface area contributed by atoms with Crippen LogP contribution < -0.4 is 21.3 Å². The summed E-state index contributed by atoms with van der Waals surface area (Å²) in [6.45, 7) is -0.696. The van der Waals surface area contributed by atoms with E-state index < -0.39 is 54.2 Å². The Morgan fingerprint density at radius 3 is 2.48 bits per heavy atom. The zero-order chi connectivity index (χ0) is 21.8. The maximum absolute atomic E-state index is 13.5. The molecule has 1 aliphatic heterocycles. The maximum Gasteiger partial charge on any atom is 0.418 e. The molecule has 160 valence electrons. The van der Waals surface area contributed by atoms with Crippen LogP contribution in [0.3, 0.4) is 0 Å². The largest absolute Gasteiger partial charge is 0.418 e. The molecule has 0 saturated carbocycles. The average molecular weight is 424 g/mol. The summed E-state index contributed by atoms with van der Waals surface area (Å²) in [6, 6.07) is 1.11. The molecule has 13 heteroatoms. The van der Waals surface area contributed by atoms with Gasteiger partial charge < -0.3 is 26.0 Å². The molecule has 1 heterocycles. The first-order valence-electron chi connectivity index (χ1n) is 8.23. The van der Waals surface area contributed by atoms with Crippen LogP contribution >= 0.6 is 0 Å². The summed E-state index contributed by atoms with van der Waals surface area (Å²) in [5.41, 5.74) is 3.24. The van der Waals surface area contributed by atoms with Crippen LogP contribution in [0.2, 0.25) is 0 Å². The summed E-state index contributed by atoms with van der Waals surface area (Å²) in [5, 5.41) is 3.57. The fourth-order valence-electron chi connectivity index (χ4n) is 2.52. The van der Waals surface area contributed by atoms with Crippen molar-refractivity contribution >= 4 is 29.1 Å². The number of nitrogens with one attached hydrogen (secondary N) is 2. The van der Waals surface area contributed by atoms with Crippen molar-refractivity contribution in [3.63, 3.8) is 0 Å². The standard InChI is InChI=1S/C16H17F5N4O4/c17-13(18)15(28)24-11(6-22)14(27)23-10-2-1-8(5-9(10)16(19,20)21)25-3-4-29-7-12(25)26/h1-2,5,11,13H,3-4,6-7,22H2,(H,23,27)(H,24,28)/t11-/m1/s1. The Morgan fingerprint density at radius 2 is 1.93 bits per heavy atom. The van der Waals surface area contributed by atoms with E-state index in [1.165, 1.54) is 6.07 Å². The molecular formula is C16H17F5N4O4. The van der Waals surface area contributed by atoms with E-state index in [2.05, 4.69) is 0 Å². The highest BCUT2D eigenvalue weighted by Crippen LogP contribution is 2.37. The number of morpholine rings is 1. The van der Waals surface area contributed by atoms with Gasteiger partial charge in [-0.15, -0.1) is 0 Å². The number of anilines is 2. The van der Waals surface area contributed by atoms with Crippen molar-refractivity contribution in [2.45, 2.75) is 18.6 Å². The van der Waals surface area contributed by atoms with Gasteiger partial charge in [0, 0.05) is 18.8 Å². The highest BCUT2D eigenvalue weighted by atomic mass is 19.4. The topological polar surface area (TPSA) is 114 Å². The van der Waals surface area contributed by atoms with E-state index in [1.807, 2.05) is 5.32 Å². The maximum atomic E-state index is 13.5. The van der Waals surface area contributed by atoms with E-state index in [1.54, 1.807) is 5.32 Å². The molecule has 0 bridgehead atoms. The first kappa shape index (κ1) is 22.5. The molecule has 0 unspecified atom stereocenters. The third kappa shape index (κ3) is 5.60. The number of rotatable bonds is 6. The van der Waals surface area contributed by atoms with Crippen LogP contribution in [-0.2, 0) is 25.3 Å². The van der Waals surface area contributed by atoms with Crippen molar-refractivity contribution in [2.24, 2.45) is 5.73 Å². The molecular weight excluding hydrogens is 407 g/mol. The first-order valence-corrected chi connectivity index (χ1v) is 8.23. The summed E-state index contributed by atoms with van der Waals surface area (Å²) in [7, 11) is 0. The zero-order valence-electron chi connectivity index (χ0n) is 14.8. The van der Waals surface area contributed by atoms with Crippen LogP contribution in [0.4, 0.5) is 33.3 Å². The molecule has 1 atom stereocenters. The van der Waals surface area contributed by atoms with Crippen molar-refractivity contribution in [3.05, 3.63) is 23.8 Å². The molecule has 3 amide bonds. The van der Waals surface area contributed by atoms with Gasteiger partial charge in [0.1, 0.15) is 12.6 Å². The van der Waals surface area contributed by atoms with E-state index in [0.717, 1.165) is 11.0 Å². The lowest BCUT2D eigenvalue weighted by Gasteiger charge is -2.28. The molecule has 2 rings (SSSR count). The Morgan fingerprint density at radius 1 is 1.24 bits per heavy atom. The minimum Gasteiger partial charge on any atom is -0.370 e. The number of hydrogen-bond acceptors (Lipinski definition) is 5. The van der Waals surface area contributed by atoms with Crippen molar-refractivity contribution in [2.75, 3.05) is 36.5 Å². The Balaban J connectivity index is 2.28. The normalized spacial score (nSPS) is 16.0. The van der Waals surface area contributed by atoms with Crippen molar-refractivity contribution in [3.8, 4) is 0 Å². The lowest BCUT2D eigenvalue weighted by molar-refractivity contribution is -0.137. The molecule has 29 heavy (non-hydrogen) atoms. The summed E-state index contributed by atoms with van der Waals surface area (Å²) in [5.74, 6) is -3.52. The number of ether oxygens (including phenoxy) is 1. The Kier molecular flexibility index (Phi) is 7.08. The molecule has 0 radical (unpaired) electrons. The highest BCUT2D eigenvalue weighted by Gasteiger charge is 2.36. The van der Waals surface area contributed by atoms with Crippen molar-refractivity contribution < 1.29 is 41.1 Å². The number of carbonyl (C=O) groups excluding carboxylic acids is 3. The predicted molar refractivity (Wildman–Crippen MR) is 90.2 cm³/mol. The lowest BCUT2D eigenvalue weighted by Crippen LogP contribution is -2.50. The van der Waals surface area contributed by atoms with Crippen molar-refractivity contribution in [1.82, 2.24) is 5.32 Å². The van der Waals surface area contributed by atoms with Crippen LogP contribution in [0.1, 0.15) is 5.56 Å². The molecule has 0 aromatic heterocycles. The number of benzene rings is 1. The number of hydrogen-bond donors (Lipinski definition) is 3. The molecule has 1 aliphatic rings. The van der Waals surface area contributed by atoms with Gasteiger partial charge in [0.15, 0.2) is 0 Å². The van der Waals surface area contributed by atoms with Gasteiger partial charge in [-0.1, -0.05) is 0 Å². The molecule has 0 spiro atoms. The van der Waals surface area contributed by atoms with Gasteiger partial charge >= 0.3 is 12.6 Å². The van der Waals surface area contributed by atoms with Gasteiger partial charge in [-0.3, -0.25) is 14.4 Å². The number of nitrogens with zero attached hydrogens (tertiary/aromatic N) is 1. The molecule has 0 aliphatic carbocycles. The summed E-state index contributed by atoms with van der Waals surface area (Å²) in [4.78, 5) is 36.1. The van der Waals surface area contributed by atoms with Crippen LogP contribution in [0, 0.1) is 0 Å². The minimum absolute atomic E-state index is 0.0509. The number of amides is 3. The highest BCUT2D eigenvalue weighted by molar-refractivity contribution is 5.99. The number of halogens is 5. The SMILES string of the molecule is NC[C@@H](NC(=O)C(F)F)C(=O)Nc1ccc(N2CCOCC2=O)cc1C(F)(F)F. The van der Waals surface area contributed by atoms with Crippen LogP contribution in [-0.4, -0.2) is 56.5 Å². The van der Waals surface area contributed by atoms with E-state index in [0.29, 0.717) is 6.07 Å². The van der Waals surface area contributed by atoms with Crippen LogP contribution in [0.25, 0.3) is 0 Å². The molecule has 1 saturated heterocycles. The summed E-state index contributed by atoms with van der Waals surface area (Å²) >= 11 is 0. The lowest BCUT2D eigenvalue weighted by atomic mass is 10.1. The van der Waals surface area contributed by atoms with Crippen LogP contribution in [0.5, 0.6) is 0 Å². The average Bonchev–Trinajstić information content (AvgIpc) is 2.65. The van der Waals surface area contributed by atoms with E-state index in [-0.39, 0.29) is 25.4 Å². The molecule has 4 N–H and O–H groups in total. The second kappa shape index (κ2) is 9.13. The first-order chi connectivity index (χ1) is 13.5. The quantitative estimate of drug-likeness (QED) is 0.583. The number of nitrogens with two attached hydrogens (primary N) is 1. The summed E-state index contributed by atoms with van der Waals surface area (Å²) in [6.07, 6.45) is -8.33. The molecule has 1 aromatic carbocycles. The zero-order valence-corrected chi connectivity index (χ0v) is 14.8. The minimum atomic E-state index is -4.90. The second-order valence-electron chi connectivity index (χ2n) is 5.91. The van der Waals surface area contributed by atoms with E-state index in [9.17, 15) is 36.3 Å². The molecule has 1 fully saturated rings. The Bertz CT molecular complexity index is 787.